The minimum atomic E-state index is -3.61. The first-order chi connectivity index (χ1) is 18.1. The topological polar surface area (TPSA) is 103 Å². The molecular formula is C26H47O10P2SY3-3. The fraction of sp³-hybridized carbons (Fsp3) is 0.846. The van der Waals surface area contributed by atoms with Crippen molar-refractivity contribution < 1.29 is 145 Å². The second-order valence-electron chi connectivity index (χ2n) is 11.0. The first-order valence-electron chi connectivity index (χ1n) is 13.6. The average molecular weight is 880 g/mol. The van der Waals surface area contributed by atoms with E-state index in [1.165, 1.54) is 0 Å². The molecule has 3 aliphatic rings. The van der Waals surface area contributed by atoms with Crippen LogP contribution in [0.5, 0.6) is 0 Å². The molecule has 0 aromatic carbocycles. The van der Waals surface area contributed by atoms with Crippen molar-refractivity contribution in [3.05, 3.63) is 19.3 Å². The van der Waals surface area contributed by atoms with Gasteiger partial charge in [-0.1, -0.05) is 45.4 Å². The van der Waals surface area contributed by atoms with Gasteiger partial charge in [-0.3, -0.25) is 19.3 Å². The molecule has 42 heavy (non-hydrogen) atoms. The van der Waals surface area contributed by atoms with Gasteiger partial charge in [0.2, 0.25) is 0 Å². The summed E-state index contributed by atoms with van der Waals surface area (Å²) in [6, 6.07) is 0. The van der Waals surface area contributed by atoms with Crippen LogP contribution in [0.4, 0.5) is 0 Å². The van der Waals surface area contributed by atoms with Crippen LogP contribution in [-0.4, -0.2) is 105 Å². The monoisotopic (exact) mass is 880 g/mol. The summed E-state index contributed by atoms with van der Waals surface area (Å²) in [5.74, 6) is 0. The largest absolute Gasteiger partial charge is 0.405 e. The summed E-state index contributed by atoms with van der Waals surface area (Å²) >= 11 is 5.32. The van der Waals surface area contributed by atoms with Crippen LogP contribution >= 0.6 is 14.1 Å². The molecule has 0 aromatic heterocycles. The van der Waals surface area contributed by atoms with Crippen molar-refractivity contribution in [2.75, 3.05) is 26.5 Å². The van der Waals surface area contributed by atoms with Gasteiger partial charge < -0.3 is 46.7 Å². The molecule has 16 heteroatoms. The Bertz CT molecular complexity index is 876. The second-order valence-corrected chi connectivity index (χ2v) is 16.2. The van der Waals surface area contributed by atoms with Crippen molar-refractivity contribution in [3.63, 3.8) is 0 Å². The normalized spacial score (nSPS) is 35.7. The molecule has 239 valence electrons. The quantitative estimate of drug-likeness (QED) is 0.190. The average Bonchev–Trinajstić information content (AvgIpc) is 3.44. The minimum Gasteiger partial charge on any atom is -0.405 e. The molecular weight excluding hydrogens is 833 g/mol. The van der Waals surface area contributed by atoms with Gasteiger partial charge in [0.05, 0.1) is 44.2 Å². The maximum absolute atomic E-state index is 10.8. The fourth-order valence-corrected chi connectivity index (χ4v) is 7.22. The molecule has 11 atom stereocenters. The number of hydrogen-bond acceptors (Lipinski definition) is 10. The molecule has 0 saturated carbocycles. The van der Waals surface area contributed by atoms with Crippen molar-refractivity contribution in [2.24, 2.45) is 0 Å². The Kier molecular flexibility index (Phi) is 23.1. The zero-order valence-corrected chi connectivity index (χ0v) is 37.2. The zero-order valence-electron chi connectivity index (χ0n) is 26.1. The predicted octanol–water partition coefficient (Wildman–Crippen LogP) is 4.10. The first kappa shape index (κ1) is 45.9. The Morgan fingerprint density at radius 2 is 1.17 bits per heavy atom. The van der Waals surface area contributed by atoms with Crippen LogP contribution in [0.1, 0.15) is 48.5 Å². The van der Waals surface area contributed by atoms with E-state index in [1.807, 2.05) is 74.4 Å². The Morgan fingerprint density at radius 3 is 1.67 bits per heavy atom. The molecule has 0 aliphatic carbocycles. The molecule has 3 heterocycles. The zero-order chi connectivity index (χ0) is 29.0. The summed E-state index contributed by atoms with van der Waals surface area (Å²) in [5.41, 5.74) is 0. The summed E-state index contributed by atoms with van der Waals surface area (Å²) in [4.78, 5) is 10.8. The van der Waals surface area contributed by atoms with E-state index < -0.39 is 26.3 Å². The summed E-state index contributed by atoms with van der Waals surface area (Å²) in [6.45, 7) is 12.5. The molecule has 3 rings (SSSR count). The van der Waals surface area contributed by atoms with Crippen LogP contribution in [0.3, 0.4) is 0 Å². The van der Waals surface area contributed by atoms with Gasteiger partial charge in [0, 0.05) is 111 Å². The molecule has 3 radical (unpaired) electrons. The van der Waals surface area contributed by atoms with Gasteiger partial charge in [0.25, 0.3) is 0 Å². The minimum absolute atomic E-state index is 0. The summed E-state index contributed by atoms with van der Waals surface area (Å²) < 4.78 is 53.3. The standard InChI is InChI=1S/C26H47O10P2S.3Y/c1-16(2)28-13-24-22(11-19(6)32-24)35-37(8,9)29-14-26-23(12-20(7)34-26)36-38(27,39)30-15-25-21(31-17(3)4)10-18(5)33-25;;;/h10-12,16-26H,8,13-15H2,1-7,9H3,(H,27,39);;;/q-3;;;/t18-,19-,20-,21?,22?,23?,24+,25+,26+,37?,38?;;;/m0.../s1. The molecule has 0 bridgehead atoms. The number of ether oxygens (including phenoxy) is 5. The third-order valence-electron chi connectivity index (χ3n) is 6.19. The van der Waals surface area contributed by atoms with E-state index in [0.717, 1.165) is 0 Å². The van der Waals surface area contributed by atoms with Crippen molar-refractivity contribution in [3.8, 4) is 0 Å². The molecule has 3 saturated heterocycles. The van der Waals surface area contributed by atoms with E-state index in [0.29, 0.717) is 6.61 Å². The molecule has 0 aromatic rings. The second kappa shape index (κ2) is 21.2. The first-order valence-corrected chi connectivity index (χ1v) is 18.4. The van der Waals surface area contributed by atoms with E-state index in [4.69, 9.17) is 53.6 Å². The van der Waals surface area contributed by atoms with Gasteiger partial charge >= 0.3 is 6.72 Å². The van der Waals surface area contributed by atoms with Gasteiger partial charge in [-0.05, 0) is 57.8 Å². The third kappa shape index (κ3) is 16.0. The maximum Gasteiger partial charge on any atom is 0.322 e. The Hall–Kier alpha value is 3.86. The molecule has 1 N–H and O–H groups in total. The van der Waals surface area contributed by atoms with Crippen molar-refractivity contribution in [2.45, 2.75) is 116 Å². The van der Waals surface area contributed by atoms with Crippen LogP contribution in [-0.2, 0) is 152 Å². The SMILES string of the molecule is C=P(C)(OC[C@H]1O[C@@H](C)[CH-]C1OP(O)(=S)OC[C@H]1O[C@@H](C)[CH-]C1OC(C)C)OC1[CH-][C@H](C)O[C@@H]1COC(C)C.[Y].[Y].[Y]. The predicted molar refractivity (Wildman–Crippen MR) is 155 cm³/mol. The number of hydrogen-bond donors (Lipinski definition) is 1. The molecule has 0 amide bonds. The smallest absolute Gasteiger partial charge is 0.322 e. The van der Waals surface area contributed by atoms with Gasteiger partial charge in [0.1, 0.15) is 7.34 Å². The van der Waals surface area contributed by atoms with Gasteiger partial charge in [-0.25, -0.2) is 0 Å². The van der Waals surface area contributed by atoms with E-state index in [9.17, 15) is 4.89 Å². The van der Waals surface area contributed by atoms with Crippen molar-refractivity contribution in [1.82, 2.24) is 0 Å². The molecule has 5 unspecified atom stereocenters. The van der Waals surface area contributed by atoms with Crippen molar-refractivity contribution in [1.29, 1.82) is 0 Å². The van der Waals surface area contributed by atoms with Gasteiger partial charge in [0.15, 0.2) is 0 Å². The van der Waals surface area contributed by atoms with E-state index in [2.05, 4.69) is 6.30 Å². The Labute approximate surface area is 334 Å². The van der Waals surface area contributed by atoms with Crippen LogP contribution in [0.25, 0.3) is 0 Å². The van der Waals surface area contributed by atoms with Crippen molar-refractivity contribution >= 4 is 32.2 Å². The van der Waals surface area contributed by atoms with E-state index in [1.54, 1.807) is 0 Å². The fourth-order valence-electron chi connectivity index (χ4n) is 4.58. The van der Waals surface area contributed by atoms with Gasteiger partial charge in [-0.15, -0.1) is 0 Å². The van der Waals surface area contributed by atoms with E-state index in [-0.39, 0.29) is 166 Å². The Balaban J connectivity index is 0.00000560. The van der Waals surface area contributed by atoms with Gasteiger partial charge in [-0.2, -0.15) is 0 Å². The van der Waals surface area contributed by atoms with E-state index >= 15 is 0 Å². The molecule has 3 fully saturated rings. The van der Waals surface area contributed by atoms with Crippen LogP contribution in [0.2, 0.25) is 0 Å². The van der Waals surface area contributed by atoms with Crippen LogP contribution in [0.15, 0.2) is 0 Å². The van der Waals surface area contributed by atoms with Crippen LogP contribution in [0, 0.1) is 19.3 Å². The molecule has 10 nitrogen and oxygen atoms in total. The maximum atomic E-state index is 10.8. The summed E-state index contributed by atoms with van der Waals surface area (Å²) in [5, 5.41) is 0. The molecule has 0 spiro atoms. The summed E-state index contributed by atoms with van der Waals surface area (Å²) in [7, 11) is -2.52. The third-order valence-corrected chi connectivity index (χ3v) is 9.13. The Morgan fingerprint density at radius 1 is 0.738 bits per heavy atom. The molecule has 3 aliphatic heterocycles. The number of rotatable bonds is 15. The summed E-state index contributed by atoms with van der Waals surface area (Å²) in [6.07, 6.45) is 7.46. The van der Waals surface area contributed by atoms with Crippen LogP contribution < -0.4 is 0 Å².